The number of aryl methyl sites for hydroxylation is 2. The first-order chi connectivity index (χ1) is 16.0. The molecule has 5 rings (SSSR count). The molecule has 0 spiro atoms. The van der Waals surface area contributed by atoms with E-state index in [4.69, 9.17) is 9.72 Å². The standard InChI is InChI=1S/C25H35N5O4/c1-13-11-16(12-31)30-20(13)21(22(32)19-23(30)27-15(3)14(2)26-19)28-9-10-29(18-8-7-17(18)28)24(33)34-25(4,5)6/h13,16-18,31H,7-12H2,1-6H3/t13?,16?,17-,18-/m0/s1. The van der Waals surface area contributed by atoms with E-state index in [1.165, 1.54) is 0 Å². The first-order valence-electron chi connectivity index (χ1n) is 12.3. The van der Waals surface area contributed by atoms with Crippen molar-refractivity contribution in [2.75, 3.05) is 24.6 Å². The molecule has 0 radical (unpaired) electrons. The van der Waals surface area contributed by atoms with Gasteiger partial charge in [0.05, 0.1) is 35.8 Å². The van der Waals surface area contributed by atoms with Gasteiger partial charge in [0, 0.05) is 25.0 Å². The Hall–Kier alpha value is -2.68. The molecule has 2 aliphatic heterocycles. The minimum absolute atomic E-state index is 0.0121. The Bertz CT molecular complexity index is 1220. The summed E-state index contributed by atoms with van der Waals surface area (Å²) in [5, 5.41) is 10.2. The van der Waals surface area contributed by atoms with E-state index in [0.29, 0.717) is 29.9 Å². The lowest BCUT2D eigenvalue weighted by Crippen LogP contribution is -2.67. The number of amides is 1. The lowest BCUT2D eigenvalue weighted by Gasteiger charge is -2.54. The van der Waals surface area contributed by atoms with Gasteiger partial charge in [-0.2, -0.15) is 0 Å². The minimum atomic E-state index is -0.547. The molecule has 0 bridgehead atoms. The SMILES string of the molecule is Cc1nc2c(=O)c(N3CCN(C(=O)OC(C)(C)C)[C@H]4CC[C@@H]43)c3n(c2nc1C)C(CO)CC3C. The van der Waals surface area contributed by atoms with Gasteiger partial charge in [-0.3, -0.25) is 4.79 Å². The summed E-state index contributed by atoms with van der Waals surface area (Å²) in [5.41, 5.74) is 3.41. The van der Waals surface area contributed by atoms with E-state index in [1.54, 1.807) is 0 Å². The number of pyridine rings is 1. The molecule has 184 valence electrons. The molecule has 1 amide bonds. The van der Waals surface area contributed by atoms with Crippen LogP contribution in [0.2, 0.25) is 0 Å². The highest BCUT2D eigenvalue weighted by Crippen LogP contribution is 2.45. The van der Waals surface area contributed by atoms with Gasteiger partial charge in [-0.1, -0.05) is 6.92 Å². The number of aromatic nitrogens is 3. The summed E-state index contributed by atoms with van der Waals surface area (Å²) in [6.45, 7) is 12.6. The van der Waals surface area contributed by atoms with E-state index in [-0.39, 0.29) is 42.2 Å². The van der Waals surface area contributed by atoms with Crippen LogP contribution in [0.5, 0.6) is 0 Å². The number of nitrogens with zero attached hydrogens (tertiary/aromatic N) is 5. The van der Waals surface area contributed by atoms with Crippen LogP contribution >= 0.6 is 0 Å². The minimum Gasteiger partial charge on any atom is -0.444 e. The average molecular weight is 470 g/mol. The molecule has 2 aromatic rings. The van der Waals surface area contributed by atoms with Gasteiger partial charge in [0.2, 0.25) is 5.43 Å². The Labute approximate surface area is 199 Å². The Morgan fingerprint density at radius 3 is 2.41 bits per heavy atom. The summed E-state index contributed by atoms with van der Waals surface area (Å²) in [6.07, 6.45) is 2.28. The summed E-state index contributed by atoms with van der Waals surface area (Å²) >= 11 is 0. The molecular formula is C25H35N5O4. The number of ether oxygens (including phenoxy) is 1. The van der Waals surface area contributed by atoms with E-state index in [0.717, 1.165) is 36.3 Å². The highest BCUT2D eigenvalue weighted by Gasteiger charge is 2.48. The highest BCUT2D eigenvalue weighted by atomic mass is 16.6. The van der Waals surface area contributed by atoms with Crippen LogP contribution in [0.25, 0.3) is 11.2 Å². The Kier molecular flexibility index (Phi) is 5.39. The molecule has 1 saturated carbocycles. The number of fused-ring (bicyclic) bond motifs is 4. The van der Waals surface area contributed by atoms with E-state index >= 15 is 0 Å². The van der Waals surface area contributed by atoms with Gasteiger partial charge >= 0.3 is 6.09 Å². The van der Waals surface area contributed by atoms with Crippen LogP contribution in [0.1, 0.15) is 76.0 Å². The molecule has 1 aliphatic carbocycles. The van der Waals surface area contributed by atoms with Crippen LogP contribution < -0.4 is 10.3 Å². The average Bonchev–Trinajstić information content (AvgIpc) is 3.05. The first kappa shape index (κ1) is 23.1. The lowest BCUT2D eigenvalue weighted by molar-refractivity contribution is -0.00450. The van der Waals surface area contributed by atoms with E-state index in [2.05, 4.69) is 21.4 Å². The fraction of sp³-hybridized carbons (Fsp3) is 0.680. The van der Waals surface area contributed by atoms with Crippen molar-refractivity contribution in [2.45, 2.75) is 90.4 Å². The van der Waals surface area contributed by atoms with Crippen molar-refractivity contribution in [1.82, 2.24) is 19.4 Å². The second kappa shape index (κ2) is 7.93. The molecule has 9 nitrogen and oxygen atoms in total. The van der Waals surface area contributed by atoms with E-state index < -0.39 is 5.60 Å². The summed E-state index contributed by atoms with van der Waals surface area (Å²) in [6, 6.07) is -0.0463. The van der Waals surface area contributed by atoms with Crippen LogP contribution in [0, 0.1) is 13.8 Å². The maximum absolute atomic E-state index is 13.9. The third-order valence-corrected chi connectivity index (χ3v) is 7.62. The second-order valence-corrected chi connectivity index (χ2v) is 11.1. The zero-order chi connectivity index (χ0) is 24.5. The molecule has 34 heavy (non-hydrogen) atoms. The Morgan fingerprint density at radius 2 is 1.79 bits per heavy atom. The second-order valence-electron chi connectivity index (χ2n) is 11.1. The molecular weight excluding hydrogens is 434 g/mol. The van der Waals surface area contributed by atoms with Gasteiger partial charge in [-0.15, -0.1) is 0 Å². The monoisotopic (exact) mass is 469 g/mol. The maximum atomic E-state index is 13.9. The number of carbonyl (C=O) groups is 1. The Morgan fingerprint density at radius 1 is 1.12 bits per heavy atom. The van der Waals surface area contributed by atoms with Crippen molar-refractivity contribution in [1.29, 1.82) is 0 Å². The van der Waals surface area contributed by atoms with Crippen molar-refractivity contribution in [3.05, 3.63) is 27.3 Å². The molecule has 4 atom stereocenters. The van der Waals surface area contributed by atoms with Crippen molar-refractivity contribution >= 4 is 22.9 Å². The predicted molar refractivity (Wildman–Crippen MR) is 130 cm³/mol. The van der Waals surface area contributed by atoms with Crippen LogP contribution in [0.15, 0.2) is 4.79 Å². The van der Waals surface area contributed by atoms with Crippen LogP contribution in [-0.4, -0.2) is 68.0 Å². The summed E-state index contributed by atoms with van der Waals surface area (Å²) < 4.78 is 7.71. The van der Waals surface area contributed by atoms with Gasteiger partial charge in [0.15, 0.2) is 11.2 Å². The topological polar surface area (TPSA) is 101 Å². The Balaban J connectivity index is 1.61. The number of carbonyl (C=O) groups excluding carboxylic acids is 1. The first-order valence-corrected chi connectivity index (χ1v) is 12.3. The third kappa shape index (κ3) is 3.47. The smallest absolute Gasteiger partial charge is 0.410 e. The number of piperazine rings is 1. The largest absolute Gasteiger partial charge is 0.444 e. The number of hydrogen-bond donors (Lipinski definition) is 1. The van der Waals surface area contributed by atoms with Crippen molar-refractivity contribution < 1.29 is 14.6 Å². The predicted octanol–water partition coefficient (Wildman–Crippen LogP) is 3.04. The summed E-state index contributed by atoms with van der Waals surface area (Å²) in [7, 11) is 0. The number of hydrogen-bond acceptors (Lipinski definition) is 7. The number of aliphatic hydroxyl groups excluding tert-OH is 1. The molecule has 9 heteroatoms. The molecule has 2 unspecified atom stereocenters. The van der Waals surface area contributed by atoms with Crippen molar-refractivity contribution in [3.8, 4) is 0 Å². The van der Waals surface area contributed by atoms with Gasteiger partial charge < -0.3 is 24.2 Å². The number of aliphatic hydroxyl groups is 1. The molecule has 0 aromatic carbocycles. The van der Waals surface area contributed by atoms with Gasteiger partial charge in [-0.05, 0) is 53.9 Å². The fourth-order valence-electron chi connectivity index (χ4n) is 5.83. The van der Waals surface area contributed by atoms with Crippen molar-refractivity contribution in [3.63, 3.8) is 0 Å². The fourth-order valence-corrected chi connectivity index (χ4v) is 5.83. The number of rotatable bonds is 2. The lowest BCUT2D eigenvalue weighted by atomic mass is 9.81. The molecule has 3 aliphatic rings. The molecule has 4 heterocycles. The molecule has 1 saturated heterocycles. The molecule has 2 aromatic heterocycles. The van der Waals surface area contributed by atoms with Gasteiger partial charge in [-0.25, -0.2) is 14.8 Å². The van der Waals surface area contributed by atoms with Crippen LogP contribution in [-0.2, 0) is 4.74 Å². The van der Waals surface area contributed by atoms with Crippen LogP contribution in [0.4, 0.5) is 10.5 Å². The zero-order valence-electron chi connectivity index (χ0n) is 21.0. The molecule has 1 N–H and O–H groups in total. The van der Waals surface area contributed by atoms with E-state index in [1.807, 2.05) is 39.5 Å². The normalized spacial score (nSPS) is 26.3. The third-order valence-electron chi connectivity index (χ3n) is 7.62. The quantitative estimate of drug-likeness (QED) is 0.721. The van der Waals surface area contributed by atoms with Gasteiger partial charge in [0.25, 0.3) is 0 Å². The number of anilines is 1. The van der Waals surface area contributed by atoms with Crippen molar-refractivity contribution in [2.24, 2.45) is 0 Å². The molecule has 2 fully saturated rings. The van der Waals surface area contributed by atoms with E-state index in [9.17, 15) is 14.7 Å². The maximum Gasteiger partial charge on any atom is 0.410 e. The van der Waals surface area contributed by atoms with Crippen LogP contribution in [0.3, 0.4) is 0 Å². The zero-order valence-corrected chi connectivity index (χ0v) is 21.0. The summed E-state index contributed by atoms with van der Waals surface area (Å²) in [4.78, 5) is 40.2. The summed E-state index contributed by atoms with van der Waals surface area (Å²) in [5.74, 6) is 0.107. The van der Waals surface area contributed by atoms with Gasteiger partial charge in [0.1, 0.15) is 11.3 Å². The highest BCUT2D eigenvalue weighted by molar-refractivity contribution is 5.79.